The molecule has 1 N–H and O–H groups in total. The molecule has 0 bridgehead atoms. The first-order chi connectivity index (χ1) is 9.27. The Morgan fingerprint density at radius 1 is 0.947 bits per heavy atom. The van der Waals surface area contributed by atoms with Crippen molar-refractivity contribution in [2.75, 3.05) is 31.5 Å². The summed E-state index contributed by atoms with van der Waals surface area (Å²) in [4.78, 5) is 2.60. The topological polar surface area (TPSA) is 15.3 Å². The highest BCUT2D eigenvalue weighted by Gasteiger charge is 2.03. The summed E-state index contributed by atoms with van der Waals surface area (Å²) in [5.74, 6) is 0. The standard InChI is InChI=1S/C17H30N2/c1-4-6-13-19(14-7-5-2)15-12-18-17-11-9-8-10-16(17)3/h8-11,18H,4-7,12-15H2,1-3H3. The van der Waals surface area contributed by atoms with Gasteiger partial charge in [-0.1, -0.05) is 44.9 Å². The normalized spacial score (nSPS) is 10.9. The largest absolute Gasteiger partial charge is 0.384 e. The fourth-order valence-corrected chi connectivity index (χ4v) is 2.22. The van der Waals surface area contributed by atoms with Crippen molar-refractivity contribution in [1.82, 2.24) is 4.90 Å². The number of anilines is 1. The number of hydrogen-bond donors (Lipinski definition) is 1. The number of nitrogens with zero attached hydrogens (tertiary/aromatic N) is 1. The third-order valence-corrected chi connectivity index (χ3v) is 3.54. The molecule has 0 unspecified atom stereocenters. The minimum Gasteiger partial charge on any atom is -0.384 e. The third-order valence-electron chi connectivity index (χ3n) is 3.54. The van der Waals surface area contributed by atoms with E-state index in [4.69, 9.17) is 0 Å². The molecule has 2 nitrogen and oxygen atoms in total. The molecule has 1 rings (SSSR count). The van der Waals surface area contributed by atoms with E-state index in [9.17, 15) is 0 Å². The van der Waals surface area contributed by atoms with E-state index in [0.29, 0.717) is 0 Å². The van der Waals surface area contributed by atoms with Gasteiger partial charge in [-0.3, -0.25) is 0 Å². The summed E-state index contributed by atoms with van der Waals surface area (Å²) < 4.78 is 0. The number of nitrogens with one attached hydrogen (secondary N) is 1. The number of aryl methyl sites for hydroxylation is 1. The van der Waals surface area contributed by atoms with E-state index in [0.717, 1.165) is 13.1 Å². The first-order valence-electron chi connectivity index (χ1n) is 7.79. The molecule has 0 saturated heterocycles. The summed E-state index contributed by atoms with van der Waals surface area (Å²) in [6, 6.07) is 8.52. The highest BCUT2D eigenvalue weighted by molar-refractivity contribution is 5.50. The van der Waals surface area contributed by atoms with Crippen molar-refractivity contribution >= 4 is 5.69 Å². The first kappa shape index (κ1) is 16.0. The van der Waals surface area contributed by atoms with Gasteiger partial charge in [0.1, 0.15) is 0 Å². The zero-order valence-corrected chi connectivity index (χ0v) is 12.9. The van der Waals surface area contributed by atoms with Crippen molar-refractivity contribution in [3.63, 3.8) is 0 Å². The van der Waals surface area contributed by atoms with Crippen LogP contribution in [0.4, 0.5) is 5.69 Å². The highest BCUT2D eigenvalue weighted by atomic mass is 15.1. The molecule has 108 valence electrons. The minimum atomic E-state index is 1.04. The summed E-state index contributed by atoms with van der Waals surface area (Å²) in [6.45, 7) is 11.4. The Hall–Kier alpha value is -1.02. The molecule has 1 aromatic rings. The Kier molecular flexibility index (Phi) is 8.31. The SMILES string of the molecule is CCCCN(CCCC)CCNc1ccccc1C. The number of rotatable bonds is 10. The van der Waals surface area contributed by atoms with Crippen molar-refractivity contribution in [3.05, 3.63) is 29.8 Å². The fourth-order valence-electron chi connectivity index (χ4n) is 2.22. The molecule has 0 amide bonds. The zero-order chi connectivity index (χ0) is 13.9. The molecule has 0 spiro atoms. The van der Waals surface area contributed by atoms with Crippen LogP contribution >= 0.6 is 0 Å². The highest BCUT2D eigenvalue weighted by Crippen LogP contribution is 2.12. The Balaban J connectivity index is 2.32. The van der Waals surface area contributed by atoms with Crippen LogP contribution in [-0.4, -0.2) is 31.1 Å². The van der Waals surface area contributed by atoms with Gasteiger partial charge in [-0.25, -0.2) is 0 Å². The number of benzene rings is 1. The van der Waals surface area contributed by atoms with E-state index in [1.165, 1.54) is 50.0 Å². The van der Waals surface area contributed by atoms with Gasteiger partial charge in [0.25, 0.3) is 0 Å². The average Bonchev–Trinajstić information content (AvgIpc) is 2.43. The number of hydrogen-bond acceptors (Lipinski definition) is 2. The van der Waals surface area contributed by atoms with Crippen LogP contribution in [0.2, 0.25) is 0 Å². The molecule has 0 aliphatic heterocycles. The molecule has 19 heavy (non-hydrogen) atoms. The van der Waals surface area contributed by atoms with Crippen LogP contribution in [0.25, 0.3) is 0 Å². The van der Waals surface area contributed by atoms with Gasteiger partial charge in [-0.15, -0.1) is 0 Å². The molecule has 0 atom stereocenters. The maximum atomic E-state index is 3.55. The van der Waals surface area contributed by atoms with Crippen molar-refractivity contribution in [2.45, 2.75) is 46.5 Å². The second-order valence-electron chi connectivity index (χ2n) is 5.29. The Labute approximate surface area is 119 Å². The van der Waals surface area contributed by atoms with Crippen LogP contribution < -0.4 is 5.32 Å². The lowest BCUT2D eigenvalue weighted by atomic mass is 10.2. The van der Waals surface area contributed by atoms with Gasteiger partial charge in [-0.05, 0) is 44.5 Å². The van der Waals surface area contributed by atoms with Gasteiger partial charge >= 0.3 is 0 Å². The van der Waals surface area contributed by atoms with Crippen LogP contribution in [-0.2, 0) is 0 Å². The molecule has 0 fully saturated rings. The van der Waals surface area contributed by atoms with Gasteiger partial charge in [0, 0.05) is 18.8 Å². The number of unbranched alkanes of at least 4 members (excludes halogenated alkanes) is 2. The van der Waals surface area contributed by atoms with Gasteiger partial charge in [0.15, 0.2) is 0 Å². The van der Waals surface area contributed by atoms with Crippen LogP contribution in [0.1, 0.15) is 45.1 Å². The lowest BCUT2D eigenvalue weighted by molar-refractivity contribution is 0.275. The molecular weight excluding hydrogens is 232 g/mol. The fraction of sp³-hybridized carbons (Fsp3) is 0.647. The summed E-state index contributed by atoms with van der Waals surface area (Å²) >= 11 is 0. The van der Waals surface area contributed by atoms with E-state index in [1.54, 1.807) is 0 Å². The zero-order valence-electron chi connectivity index (χ0n) is 12.9. The van der Waals surface area contributed by atoms with Gasteiger partial charge in [0.2, 0.25) is 0 Å². The lowest BCUT2D eigenvalue weighted by Gasteiger charge is -2.22. The smallest absolute Gasteiger partial charge is 0.0370 e. The first-order valence-corrected chi connectivity index (χ1v) is 7.79. The quantitative estimate of drug-likeness (QED) is 0.676. The van der Waals surface area contributed by atoms with Crippen molar-refractivity contribution < 1.29 is 0 Å². The maximum Gasteiger partial charge on any atom is 0.0370 e. The summed E-state index contributed by atoms with van der Waals surface area (Å²) in [7, 11) is 0. The summed E-state index contributed by atoms with van der Waals surface area (Å²) in [6.07, 6.45) is 5.20. The van der Waals surface area contributed by atoms with Crippen molar-refractivity contribution in [3.8, 4) is 0 Å². The van der Waals surface area contributed by atoms with E-state index in [1.807, 2.05) is 0 Å². The molecule has 0 heterocycles. The van der Waals surface area contributed by atoms with Crippen molar-refractivity contribution in [2.24, 2.45) is 0 Å². The van der Waals surface area contributed by atoms with Crippen LogP contribution in [0.5, 0.6) is 0 Å². The third kappa shape index (κ3) is 6.63. The molecule has 2 heteroatoms. The molecule has 1 aromatic carbocycles. The summed E-state index contributed by atoms with van der Waals surface area (Å²) in [5, 5.41) is 3.55. The van der Waals surface area contributed by atoms with E-state index < -0.39 is 0 Å². The summed E-state index contributed by atoms with van der Waals surface area (Å²) in [5.41, 5.74) is 2.60. The average molecular weight is 262 g/mol. The predicted octanol–water partition coefficient (Wildman–Crippen LogP) is 4.31. The molecule has 0 radical (unpaired) electrons. The van der Waals surface area contributed by atoms with Crippen LogP contribution in [0, 0.1) is 6.92 Å². The second-order valence-corrected chi connectivity index (χ2v) is 5.29. The maximum absolute atomic E-state index is 3.55. The molecule has 0 aliphatic rings. The monoisotopic (exact) mass is 262 g/mol. The van der Waals surface area contributed by atoms with Gasteiger partial charge in [0.05, 0.1) is 0 Å². The van der Waals surface area contributed by atoms with Gasteiger partial charge in [-0.2, -0.15) is 0 Å². The van der Waals surface area contributed by atoms with E-state index in [-0.39, 0.29) is 0 Å². The molecule has 0 aromatic heterocycles. The molecular formula is C17H30N2. The minimum absolute atomic E-state index is 1.04. The second kappa shape index (κ2) is 9.85. The predicted molar refractivity (Wildman–Crippen MR) is 85.9 cm³/mol. The number of para-hydroxylation sites is 1. The molecule has 0 saturated carbocycles. The lowest BCUT2D eigenvalue weighted by Crippen LogP contribution is -2.31. The molecule has 0 aliphatic carbocycles. The van der Waals surface area contributed by atoms with Crippen molar-refractivity contribution in [1.29, 1.82) is 0 Å². The van der Waals surface area contributed by atoms with E-state index >= 15 is 0 Å². The van der Waals surface area contributed by atoms with Crippen LogP contribution in [0.3, 0.4) is 0 Å². The Morgan fingerprint density at radius 3 is 2.16 bits per heavy atom. The Morgan fingerprint density at radius 2 is 1.58 bits per heavy atom. The van der Waals surface area contributed by atoms with Gasteiger partial charge < -0.3 is 10.2 Å². The van der Waals surface area contributed by atoms with Crippen LogP contribution in [0.15, 0.2) is 24.3 Å². The Bertz CT molecular complexity index is 328. The van der Waals surface area contributed by atoms with E-state index in [2.05, 4.69) is 55.3 Å².